The Morgan fingerprint density at radius 2 is 2.06 bits per heavy atom. The van der Waals surface area contributed by atoms with Crippen LogP contribution in [0, 0.1) is 6.92 Å². The maximum Gasteiger partial charge on any atom is 0.0702 e. The molecular weight excluding hydrogens is 226 g/mol. The Labute approximate surface area is 109 Å². The summed E-state index contributed by atoms with van der Waals surface area (Å²) in [6, 6.07) is 6.39. The van der Waals surface area contributed by atoms with E-state index in [1.165, 1.54) is 12.8 Å². The van der Waals surface area contributed by atoms with Crippen LogP contribution in [0.4, 0.5) is 5.69 Å². The summed E-state index contributed by atoms with van der Waals surface area (Å²) in [6.07, 6.45) is 4.61. The summed E-state index contributed by atoms with van der Waals surface area (Å²) in [4.78, 5) is 2.28. The number of aliphatic hydroxyl groups is 2. The van der Waals surface area contributed by atoms with Gasteiger partial charge < -0.3 is 15.1 Å². The van der Waals surface area contributed by atoms with Gasteiger partial charge in [-0.2, -0.15) is 0 Å². The summed E-state index contributed by atoms with van der Waals surface area (Å²) >= 11 is 0. The molecule has 1 aliphatic heterocycles. The third-order valence-electron chi connectivity index (χ3n) is 3.80. The summed E-state index contributed by atoms with van der Waals surface area (Å²) < 4.78 is 0. The first-order chi connectivity index (χ1) is 8.76. The van der Waals surface area contributed by atoms with Gasteiger partial charge in [0.1, 0.15) is 0 Å². The van der Waals surface area contributed by atoms with Gasteiger partial charge in [0.25, 0.3) is 0 Å². The van der Waals surface area contributed by atoms with E-state index in [9.17, 15) is 10.2 Å². The molecule has 0 radical (unpaired) electrons. The topological polar surface area (TPSA) is 43.7 Å². The van der Waals surface area contributed by atoms with Crippen molar-refractivity contribution in [1.82, 2.24) is 0 Å². The second-order valence-corrected chi connectivity index (χ2v) is 5.17. The number of nitrogens with zero attached hydrogens (tertiary/aromatic N) is 1. The summed E-state index contributed by atoms with van der Waals surface area (Å²) in [5.74, 6) is 0. The largest absolute Gasteiger partial charge is 0.394 e. The molecule has 0 aromatic heterocycles. The number of aryl methyl sites for hydroxylation is 1. The highest BCUT2D eigenvalue weighted by atomic mass is 16.3. The lowest BCUT2D eigenvalue weighted by Gasteiger charge is -2.32. The van der Waals surface area contributed by atoms with Gasteiger partial charge in [-0.3, -0.25) is 0 Å². The molecule has 1 aromatic rings. The highest BCUT2D eigenvalue weighted by Gasteiger charge is 2.22. The molecule has 3 nitrogen and oxygen atoms in total. The molecule has 0 amide bonds. The molecule has 2 rings (SSSR count). The normalized spacial score (nSPS) is 20.8. The van der Waals surface area contributed by atoms with Crippen LogP contribution in [-0.2, 0) is 6.61 Å². The molecule has 2 N–H and O–H groups in total. The quantitative estimate of drug-likeness (QED) is 0.863. The smallest absolute Gasteiger partial charge is 0.0702 e. The van der Waals surface area contributed by atoms with Crippen LogP contribution >= 0.6 is 0 Å². The summed E-state index contributed by atoms with van der Waals surface area (Å²) in [7, 11) is 0. The second-order valence-electron chi connectivity index (χ2n) is 5.17. The number of rotatable bonds is 3. The van der Waals surface area contributed by atoms with Crippen LogP contribution in [0.3, 0.4) is 0 Å². The van der Waals surface area contributed by atoms with Gasteiger partial charge in [-0.05, 0) is 25.8 Å². The molecule has 0 saturated carbocycles. The van der Waals surface area contributed by atoms with Gasteiger partial charge in [-0.1, -0.05) is 30.5 Å². The highest BCUT2D eigenvalue weighted by molar-refractivity contribution is 5.55. The van der Waals surface area contributed by atoms with E-state index in [1.807, 2.05) is 13.0 Å². The van der Waals surface area contributed by atoms with Crippen LogP contribution in [0.15, 0.2) is 18.2 Å². The molecule has 1 aliphatic rings. The molecule has 1 aromatic carbocycles. The van der Waals surface area contributed by atoms with Crippen molar-refractivity contribution in [3.63, 3.8) is 0 Å². The van der Waals surface area contributed by atoms with Crippen LogP contribution in [-0.4, -0.2) is 29.4 Å². The number of hydrogen-bond donors (Lipinski definition) is 2. The van der Waals surface area contributed by atoms with Gasteiger partial charge in [0.2, 0.25) is 0 Å². The summed E-state index contributed by atoms with van der Waals surface area (Å²) in [5.41, 5.74) is 3.22. The molecule has 0 spiro atoms. The number of aliphatic hydroxyl groups excluding tert-OH is 2. The molecule has 18 heavy (non-hydrogen) atoms. The van der Waals surface area contributed by atoms with E-state index in [2.05, 4.69) is 17.0 Å². The fraction of sp³-hybridized carbons (Fsp3) is 0.600. The molecule has 3 heteroatoms. The molecule has 1 fully saturated rings. The Bertz CT molecular complexity index is 392. The molecule has 1 saturated heterocycles. The standard InChI is InChI=1S/C15H23NO2/c1-12-6-7-15(13(9-12)10-17)16-8-4-2-3-5-14(16)11-18/h6-7,9,14,17-18H,2-5,8,10-11H2,1H3. The van der Waals surface area contributed by atoms with Crippen LogP contribution in [0.5, 0.6) is 0 Å². The van der Waals surface area contributed by atoms with E-state index in [1.54, 1.807) is 0 Å². The van der Waals surface area contributed by atoms with Crippen molar-refractivity contribution in [2.24, 2.45) is 0 Å². The first-order valence-corrected chi connectivity index (χ1v) is 6.84. The van der Waals surface area contributed by atoms with Crippen molar-refractivity contribution in [3.8, 4) is 0 Å². The van der Waals surface area contributed by atoms with E-state index >= 15 is 0 Å². The third kappa shape index (κ3) is 2.85. The minimum atomic E-state index is 0.0612. The first kappa shape index (κ1) is 13.4. The van der Waals surface area contributed by atoms with Gasteiger partial charge in [-0.15, -0.1) is 0 Å². The van der Waals surface area contributed by atoms with Crippen LogP contribution in [0.2, 0.25) is 0 Å². The third-order valence-corrected chi connectivity index (χ3v) is 3.80. The monoisotopic (exact) mass is 249 g/mol. The maximum absolute atomic E-state index is 9.56. The minimum Gasteiger partial charge on any atom is -0.394 e. The van der Waals surface area contributed by atoms with Crippen molar-refractivity contribution in [1.29, 1.82) is 0 Å². The van der Waals surface area contributed by atoms with Crippen molar-refractivity contribution in [3.05, 3.63) is 29.3 Å². The summed E-state index contributed by atoms with van der Waals surface area (Å²) in [5, 5.41) is 19.1. The SMILES string of the molecule is Cc1ccc(N2CCCCCC2CO)c(CO)c1. The predicted octanol–water partition coefficient (Wildman–Crippen LogP) is 2.23. The van der Waals surface area contributed by atoms with Gasteiger partial charge in [0, 0.05) is 17.8 Å². The Balaban J connectivity index is 2.32. The lowest BCUT2D eigenvalue weighted by molar-refractivity contribution is 0.253. The fourth-order valence-corrected chi connectivity index (χ4v) is 2.81. The molecular formula is C15H23NO2. The highest BCUT2D eigenvalue weighted by Crippen LogP contribution is 2.28. The van der Waals surface area contributed by atoms with Crippen molar-refractivity contribution in [2.75, 3.05) is 18.1 Å². The van der Waals surface area contributed by atoms with Gasteiger partial charge in [0.05, 0.1) is 19.3 Å². The zero-order valence-corrected chi connectivity index (χ0v) is 11.1. The molecule has 0 bridgehead atoms. The average molecular weight is 249 g/mol. The van der Waals surface area contributed by atoms with Crippen LogP contribution < -0.4 is 4.90 Å². The van der Waals surface area contributed by atoms with E-state index in [0.717, 1.165) is 36.2 Å². The maximum atomic E-state index is 9.56. The second kappa shape index (κ2) is 6.21. The minimum absolute atomic E-state index is 0.0612. The average Bonchev–Trinajstić information content (AvgIpc) is 2.63. The first-order valence-electron chi connectivity index (χ1n) is 6.84. The molecule has 100 valence electrons. The molecule has 1 atom stereocenters. The molecule has 1 unspecified atom stereocenters. The van der Waals surface area contributed by atoms with Crippen molar-refractivity contribution >= 4 is 5.69 Å². The number of hydrogen-bond acceptors (Lipinski definition) is 3. The number of benzene rings is 1. The molecule has 1 heterocycles. The fourth-order valence-electron chi connectivity index (χ4n) is 2.81. The molecule has 0 aliphatic carbocycles. The zero-order chi connectivity index (χ0) is 13.0. The van der Waals surface area contributed by atoms with Gasteiger partial charge in [0.15, 0.2) is 0 Å². The van der Waals surface area contributed by atoms with Gasteiger partial charge in [-0.25, -0.2) is 0 Å². The Hall–Kier alpha value is -1.06. The lowest BCUT2D eigenvalue weighted by atomic mass is 10.1. The van der Waals surface area contributed by atoms with E-state index in [-0.39, 0.29) is 19.3 Å². The van der Waals surface area contributed by atoms with Crippen LogP contribution in [0.1, 0.15) is 36.8 Å². The van der Waals surface area contributed by atoms with Crippen molar-refractivity contribution < 1.29 is 10.2 Å². The van der Waals surface area contributed by atoms with Crippen molar-refractivity contribution in [2.45, 2.75) is 45.3 Å². The zero-order valence-electron chi connectivity index (χ0n) is 11.1. The Morgan fingerprint density at radius 1 is 1.22 bits per heavy atom. The summed E-state index contributed by atoms with van der Waals surface area (Å²) in [6.45, 7) is 3.26. The van der Waals surface area contributed by atoms with E-state index in [4.69, 9.17) is 0 Å². The predicted molar refractivity (Wildman–Crippen MR) is 73.8 cm³/mol. The van der Waals surface area contributed by atoms with E-state index in [0.29, 0.717) is 0 Å². The lowest BCUT2D eigenvalue weighted by Crippen LogP contribution is -2.38. The van der Waals surface area contributed by atoms with Gasteiger partial charge >= 0.3 is 0 Å². The van der Waals surface area contributed by atoms with E-state index < -0.39 is 0 Å². The Kier molecular flexibility index (Phi) is 4.61. The Morgan fingerprint density at radius 3 is 2.78 bits per heavy atom. The number of anilines is 1. The van der Waals surface area contributed by atoms with Crippen LogP contribution in [0.25, 0.3) is 0 Å².